The van der Waals surface area contributed by atoms with Crippen molar-refractivity contribution in [2.45, 2.75) is 32.6 Å². The first-order valence-electron chi connectivity index (χ1n) is 7.30. The Balaban J connectivity index is 2.37. The van der Waals surface area contributed by atoms with Gasteiger partial charge in [0.15, 0.2) is 0 Å². The second-order valence-electron chi connectivity index (χ2n) is 5.43. The maximum atomic E-state index is 11.3. The molecule has 6 nitrogen and oxygen atoms in total. The molecule has 0 bridgehead atoms. The molecule has 0 saturated carbocycles. The molecule has 2 rings (SSSR count). The maximum absolute atomic E-state index is 11.3. The van der Waals surface area contributed by atoms with E-state index < -0.39 is 10.9 Å². The Morgan fingerprint density at radius 1 is 1.43 bits per heavy atom. The third-order valence-electron chi connectivity index (χ3n) is 4.19. The number of nitrogens with zero attached hydrogens (tertiary/aromatic N) is 2. The SMILES string of the molecule is CCC1CCCN(c2cccc(C(=O)O)c2[N+](=O)[O-])CC1. The van der Waals surface area contributed by atoms with Gasteiger partial charge in [-0.3, -0.25) is 10.1 Å². The van der Waals surface area contributed by atoms with Crippen molar-refractivity contribution in [1.29, 1.82) is 0 Å². The second-order valence-corrected chi connectivity index (χ2v) is 5.43. The quantitative estimate of drug-likeness (QED) is 0.680. The zero-order valence-electron chi connectivity index (χ0n) is 12.1. The van der Waals surface area contributed by atoms with Crippen molar-refractivity contribution in [3.63, 3.8) is 0 Å². The van der Waals surface area contributed by atoms with E-state index in [1.54, 1.807) is 12.1 Å². The van der Waals surface area contributed by atoms with Crippen LogP contribution >= 0.6 is 0 Å². The van der Waals surface area contributed by atoms with Crippen LogP contribution in [0.15, 0.2) is 18.2 Å². The molecule has 1 fully saturated rings. The molecule has 0 amide bonds. The average Bonchev–Trinajstić information content (AvgIpc) is 2.71. The molecule has 1 aromatic carbocycles. The molecule has 1 N–H and O–H groups in total. The maximum Gasteiger partial charge on any atom is 0.342 e. The molecule has 21 heavy (non-hydrogen) atoms. The van der Waals surface area contributed by atoms with E-state index in [1.165, 1.54) is 6.07 Å². The van der Waals surface area contributed by atoms with E-state index in [0.29, 0.717) is 11.6 Å². The van der Waals surface area contributed by atoms with Gasteiger partial charge in [-0.2, -0.15) is 0 Å². The Bertz CT molecular complexity index is 544. The molecular weight excluding hydrogens is 272 g/mol. The number of carboxylic acid groups (broad SMARTS) is 1. The highest BCUT2D eigenvalue weighted by Gasteiger charge is 2.28. The number of benzene rings is 1. The molecule has 114 valence electrons. The van der Waals surface area contributed by atoms with Gasteiger partial charge >= 0.3 is 11.7 Å². The predicted molar refractivity (Wildman–Crippen MR) is 79.9 cm³/mol. The number of nitro benzene ring substituents is 1. The van der Waals surface area contributed by atoms with Gasteiger partial charge < -0.3 is 10.0 Å². The molecule has 1 unspecified atom stereocenters. The molecule has 1 aliphatic rings. The minimum absolute atomic E-state index is 0.242. The van der Waals surface area contributed by atoms with E-state index >= 15 is 0 Å². The van der Waals surface area contributed by atoms with Crippen molar-refractivity contribution in [1.82, 2.24) is 0 Å². The number of rotatable bonds is 4. The van der Waals surface area contributed by atoms with Gasteiger partial charge in [0.1, 0.15) is 11.3 Å². The number of hydrogen-bond donors (Lipinski definition) is 1. The predicted octanol–water partition coefficient (Wildman–Crippen LogP) is 3.31. The van der Waals surface area contributed by atoms with Gasteiger partial charge in [0, 0.05) is 13.1 Å². The van der Waals surface area contributed by atoms with Crippen LogP contribution in [0.4, 0.5) is 11.4 Å². The minimum atomic E-state index is -1.26. The van der Waals surface area contributed by atoms with Crippen molar-refractivity contribution < 1.29 is 14.8 Å². The van der Waals surface area contributed by atoms with Crippen LogP contribution in [0.25, 0.3) is 0 Å². The van der Waals surface area contributed by atoms with E-state index in [0.717, 1.165) is 38.8 Å². The van der Waals surface area contributed by atoms with Gasteiger partial charge in [-0.1, -0.05) is 19.4 Å². The molecule has 0 spiro atoms. The largest absolute Gasteiger partial charge is 0.477 e. The van der Waals surface area contributed by atoms with Gasteiger partial charge in [-0.05, 0) is 37.3 Å². The first-order valence-corrected chi connectivity index (χ1v) is 7.30. The first-order chi connectivity index (χ1) is 10.0. The summed E-state index contributed by atoms with van der Waals surface area (Å²) in [6, 6.07) is 4.52. The zero-order valence-corrected chi connectivity index (χ0v) is 12.1. The summed E-state index contributed by atoms with van der Waals surface area (Å²) in [5, 5.41) is 20.5. The highest BCUT2D eigenvalue weighted by molar-refractivity contribution is 5.95. The molecular formula is C15H20N2O4. The number of carboxylic acids is 1. The number of aromatic carboxylic acids is 1. The molecule has 1 saturated heterocycles. The van der Waals surface area contributed by atoms with Crippen LogP contribution in [0.3, 0.4) is 0 Å². The normalized spacial score (nSPS) is 19.1. The monoisotopic (exact) mass is 292 g/mol. The Kier molecular flexibility index (Phi) is 4.77. The first kappa shape index (κ1) is 15.3. The van der Waals surface area contributed by atoms with Crippen molar-refractivity contribution in [3.05, 3.63) is 33.9 Å². The van der Waals surface area contributed by atoms with Crippen LogP contribution in [0, 0.1) is 16.0 Å². The summed E-state index contributed by atoms with van der Waals surface area (Å²) in [4.78, 5) is 23.9. The van der Waals surface area contributed by atoms with Crippen molar-refractivity contribution >= 4 is 17.3 Å². The van der Waals surface area contributed by atoms with Crippen LogP contribution in [-0.2, 0) is 0 Å². The summed E-state index contributed by atoms with van der Waals surface area (Å²) in [6.07, 6.45) is 4.21. The lowest BCUT2D eigenvalue weighted by Gasteiger charge is -2.23. The Labute approximate surface area is 123 Å². The third-order valence-corrected chi connectivity index (χ3v) is 4.19. The second kappa shape index (κ2) is 6.56. The lowest BCUT2D eigenvalue weighted by Crippen LogP contribution is -2.25. The lowest BCUT2D eigenvalue weighted by molar-refractivity contribution is -0.384. The zero-order chi connectivity index (χ0) is 15.4. The fourth-order valence-electron chi connectivity index (χ4n) is 2.97. The molecule has 1 heterocycles. The van der Waals surface area contributed by atoms with Gasteiger partial charge in [0.25, 0.3) is 0 Å². The number of anilines is 1. The Morgan fingerprint density at radius 3 is 2.81 bits per heavy atom. The van der Waals surface area contributed by atoms with Crippen molar-refractivity contribution in [2.75, 3.05) is 18.0 Å². The molecule has 1 atom stereocenters. The molecule has 0 aromatic heterocycles. The van der Waals surface area contributed by atoms with Gasteiger partial charge in [-0.15, -0.1) is 0 Å². The van der Waals surface area contributed by atoms with Gasteiger partial charge in [-0.25, -0.2) is 4.79 Å². The Morgan fingerprint density at radius 2 is 2.19 bits per heavy atom. The van der Waals surface area contributed by atoms with Gasteiger partial charge in [0.05, 0.1) is 4.92 Å². The van der Waals surface area contributed by atoms with E-state index in [-0.39, 0.29) is 11.3 Å². The topological polar surface area (TPSA) is 83.7 Å². The van der Waals surface area contributed by atoms with E-state index in [9.17, 15) is 14.9 Å². The minimum Gasteiger partial charge on any atom is -0.477 e. The summed E-state index contributed by atoms with van der Waals surface area (Å²) in [7, 11) is 0. The van der Waals surface area contributed by atoms with Crippen LogP contribution in [0.1, 0.15) is 43.0 Å². The van der Waals surface area contributed by atoms with Crippen LogP contribution in [0.2, 0.25) is 0 Å². The summed E-state index contributed by atoms with van der Waals surface area (Å²) in [5.74, 6) is -0.610. The molecule has 1 aliphatic heterocycles. The highest BCUT2D eigenvalue weighted by atomic mass is 16.6. The average molecular weight is 292 g/mol. The summed E-state index contributed by atoms with van der Waals surface area (Å²) in [6.45, 7) is 3.64. The number of carbonyl (C=O) groups is 1. The molecule has 1 aromatic rings. The van der Waals surface area contributed by atoms with Crippen LogP contribution in [0.5, 0.6) is 0 Å². The molecule has 0 aliphatic carbocycles. The summed E-state index contributed by atoms with van der Waals surface area (Å²) >= 11 is 0. The van der Waals surface area contributed by atoms with Crippen molar-refractivity contribution in [3.8, 4) is 0 Å². The van der Waals surface area contributed by atoms with Gasteiger partial charge in [0.2, 0.25) is 0 Å². The van der Waals surface area contributed by atoms with E-state index in [4.69, 9.17) is 5.11 Å². The fraction of sp³-hybridized carbons (Fsp3) is 0.533. The Hall–Kier alpha value is -2.11. The smallest absolute Gasteiger partial charge is 0.342 e. The standard InChI is InChI=1S/C15H20N2O4/c1-2-11-5-4-9-16(10-8-11)13-7-3-6-12(15(18)19)14(13)17(20)21/h3,6-7,11H,2,4-5,8-10H2,1H3,(H,18,19). The fourth-order valence-corrected chi connectivity index (χ4v) is 2.97. The highest BCUT2D eigenvalue weighted by Crippen LogP contribution is 2.34. The molecule has 6 heteroatoms. The van der Waals surface area contributed by atoms with Crippen molar-refractivity contribution in [2.24, 2.45) is 5.92 Å². The number of nitro groups is 1. The third kappa shape index (κ3) is 3.32. The summed E-state index contributed by atoms with van der Waals surface area (Å²) < 4.78 is 0. The summed E-state index contributed by atoms with van der Waals surface area (Å²) in [5.41, 5.74) is -0.106. The lowest BCUT2D eigenvalue weighted by atomic mass is 9.98. The molecule has 0 radical (unpaired) electrons. The van der Waals surface area contributed by atoms with Crippen LogP contribution < -0.4 is 4.90 Å². The van der Waals surface area contributed by atoms with E-state index in [1.807, 2.05) is 4.90 Å². The number of hydrogen-bond acceptors (Lipinski definition) is 4. The van der Waals surface area contributed by atoms with Crippen LogP contribution in [-0.4, -0.2) is 29.1 Å². The number of para-hydroxylation sites is 1. The van der Waals surface area contributed by atoms with E-state index in [2.05, 4.69) is 6.92 Å².